The van der Waals surface area contributed by atoms with Gasteiger partial charge in [-0.05, 0) is 50.6 Å². The van der Waals surface area contributed by atoms with Crippen LogP contribution in [-0.2, 0) is 9.53 Å². The second-order valence-corrected chi connectivity index (χ2v) is 8.80. The van der Waals surface area contributed by atoms with Crippen molar-refractivity contribution >= 4 is 23.4 Å². The minimum atomic E-state index is -0.744. The summed E-state index contributed by atoms with van der Waals surface area (Å²) in [4.78, 5) is 31.9. The van der Waals surface area contributed by atoms with Crippen LogP contribution in [0.15, 0.2) is 69.6 Å². The maximum atomic E-state index is 13.7. The number of esters is 1. The molecule has 0 fully saturated rings. The van der Waals surface area contributed by atoms with Crippen LogP contribution in [0.1, 0.15) is 37.9 Å². The van der Waals surface area contributed by atoms with E-state index >= 15 is 0 Å². The van der Waals surface area contributed by atoms with Crippen molar-refractivity contribution in [3.8, 4) is 17.6 Å². The van der Waals surface area contributed by atoms with E-state index in [1.165, 1.54) is 15.9 Å². The first-order valence-corrected chi connectivity index (χ1v) is 12.3. The zero-order chi connectivity index (χ0) is 25.7. The SMILES string of the molecule is CCOC(=O)C1=C(C)N=c2s/c(=C\c3ccc(OCC#N)cc3)c(=O)n2[C@@H]1c1ccccc1OCC. The van der Waals surface area contributed by atoms with Crippen molar-refractivity contribution in [2.24, 2.45) is 4.99 Å². The molecule has 1 atom stereocenters. The van der Waals surface area contributed by atoms with Gasteiger partial charge < -0.3 is 14.2 Å². The van der Waals surface area contributed by atoms with Crippen molar-refractivity contribution in [2.45, 2.75) is 26.8 Å². The van der Waals surface area contributed by atoms with Gasteiger partial charge in [0.25, 0.3) is 5.56 Å². The van der Waals surface area contributed by atoms with E-state index in [-0.39, 0.29) is 18.8 Å². The molecule has 1 aromatic heterocycles. The van der Waals surface area contributed by atoms with Gasteiger partial charge in [-0.1, -0.05) is 41.7 Å². The summed E-state index contributed by atoms with van der Waals surface area (Å²) < 4.78 is 18.5. The molecular weight excluding hydrogens is 478 g/mol. The second-order valence-electron chi connectivity index (χ2n) is 7.79. The van der Waals surface area contributed by atoms with Gasteiger partial charge in [0.05, 0.1) is 29.0 Å². The van der Waals surface area contributed by atoms with E-state index in [0.29, 0.717) is 44.3 Å². The number of carbonyl (C=O) groups is 1. The van der Waals surface area contributed by atoms with E-state index in [9.17, 15) is 9.59 Å². The fraction of sp³-hybridized carbons (Fsp3) is 0.259. The Labute approximate surface area is 212 Å². The average molecular weight is 504 g/mol. The van der Waals surface area contributed by atoms with Crippen LogP contribution in [-0.4, -0.2) is 30.4 Å². The summed E-state index contributed by atoms with van der Waals surface area (Å²) in [7, 11) is 0. The largest absolute Gasteiger partial charge is 0.494 e. The Bertz CT molecular complexity index is 1530. The Balaban J connectivity index is 1.88. The lowest BCUT2D eigenvalue weighted by molar-refractivity contribution is -0.139. The number of ether oxygens (including phenoxy) is 3. The lowest BCUT2D eigenvalue weighted by Crippen LogP contribution is -2.40. The Morgan fingerprint density at radius 3 is 2.58 bits per heavy atom. The molecule has 2 heterocycles. The lowest BCUT2D eigenvalue weighted by atomic mass is 9.95. The Kier molecular flexibility index (Phi) is 7.66. The summed E-state index contributed by atoms with van der Waals surface area (Å²) in [5, 5.41) is 8.67. The summed E-state index contributed by atoms with van der Waals surface area (Å²) >= 11 is 1.25. The van der Waals surface area contributed by atoms with Crippen LogP contribution >= 0.6 is 11.3 Å². The van der Waals surface area contributed by atoms with E-state index < -0.39 is 12.0 Å². The van der Waals surface area contributed by atoms with Crippen molar-refractivity contribution in [3.05, 3.63) is 90.6 Å². The van der Waals surface area contributed by atoms with Crippen LogP contribution in [0.5, 0.6) is 11.5 Å². The number of carbonyl (C=O) groups excluding carboxylic acids is 1. The van der Waals surface area contributed by atoms with E-state index in [0.717, 1.165) is 5.56 Å². The topological polar surface area (TPSA) is 103 Å². The number of hydrogen-bond donors (Lipinski definition) is 0. The van der Waals surface area contributed by atoms with Crippen LogP contribution in [0, 0.1) is 11.3 Å². The molecule has 0 saturated carbocycles. The minimum absolute atomic E-state index is 0.0384. The molecule has 0 spiro atoms. The summed E-state index contributed by atoms with van der Waals surface area (Å²) in [5.74, 6) is 0.638. The number of fused-ring (bicyclic) bond motifs is 1. The first-order valence-electron chi connectivity index (χ1n) is 11.5. The smallest absolute Gasteiger partial charge is 0.338 e. The molecule has 0 bridgehead atoms. The number of rotatable bonds is 8. The molecule has 1 aliphatic heterocycles. The van der Waals surface area contributed by atoms with Crippen molar-refractivity contribution in [2.75, 3.05) is 19.8 Å². The van der Waals surface area contributed by atoms with Gasteiger partial charge in [0.15, 0.2) is 11.4 Å². The Morgan fingerprint density at radius 1 is 1.14 bits per heavy atom. The molecule has 4 rings (SSSR count). The van der Waals surface area contributed by atoms with Crippen LogP contribution < -0.4 is 24.4 Å². The standard InChI is InChI=1S/C27H25N3O5S/c1-4-33-21-9-7-6-8-20(21)24-23(26(32)34-5-2)17(3)29-27-30(24)25(31)22(36-27)16-18-10-12-19(13-11-18)35-15-14-28/h6-13,16,24H,4-5,15H2,1-3H3/b22-16-/t24-/m1/s1. The number of hydrogen-bond acceptors (Lipinski definition) is 8. The predicted octanol–water partition coefficient (Wildman–Crippen LogP) is 3.10. The van der Waals surface area contributed by atoms with E-state index in [2.05, 4.69) is 4.99 Å². The molecule has 3 aromatic rings. The van der Waals surface area contributed by atoms with Gasteiger partial charge in [-0.2, -0.15) is 5.26 Å². The fourth-order valence-corrected chi connectivity index (χ4v) is 5.05. The van der Waals surface area contributed by atoms with Crippen molar-refractivity contribution < 1.29 is 19.0 Å². The molecule has 2 aromatic carbocycles. The maximum Gasteiger partial charge on any atom is 0.338 e. The zero-order valence-corrected chi connectivity index (χ0v) is 21.0. The number of aromatic nitrogens is 1. The summed E-state index contributed by atoms with van der Waals surface area (Å²) in [5.41, 5.74) is 2.01. The number of nitrogens with zero attached hydrogens (tertiary/aromatic N) is 3. The Hall–Kier alpha value is -4.16. The lowest BCUT2D eigenvalue weighted by Gasteiger charge is -2.26. The van der Waals surface area contributed by atoms with Crippen molar-refractivity contribution in [1.82, 2.24) is 4.57 Å². The van der Waals surface area contributed by atoms with Gasteiger partial charge in [-0.25, -0.2) is 9.79 Å². The molecule has 1 aliphatic rings. The molecular formula is C27H25N3O5S. The highest BCUT2D eigenvalue weighted by Gasteiger charge is 2.35. The van der Waals surface area contributed by atoms with Gasteiger partial charge in [0.1, 0.15) is 23.6 Å². The van der Waals surface area contributed by atoms with E-state index in [4.69, 9.17) is 19.5 Å². The summed E-state index contributed by atoms with van der Waals surface area (Å²) in [6.45, 7) is 5.97. The number of nitriles is 1. The molecule has 36 heavy (non-hydrogen) atoms. The van der Waals surface area contributed by atoms with Gasteiger partial charge in [0.2, 0.25) is 0 Å². The molecule has 0 unspecified atom stereocenters. The van der Waals surface area contributed by atoms with Crippen LogP contribution in [0.3, 0.4) is 0 Å². The van der Waals surface area contributed by atoms with E-state index in [1.54, 1.807) is 32.1 Å². The average Bonchev–Trinajstić information content (AvgIpc) is 3.17. The second kappa shape index (κ2) is 11.1. The first kappa shape index (κ1) is 24.9. The highest BCUT2D eigenvalue weighted by Crippen LogP contribution is 2.35. The quantitative estimate of drug-likeness (QED) is 0.438. The van der Waals surface area contributed by atoms with Crippen molar-refractivity contribution in [3.63, 3.8) is 0 Å². The molecule has 0 amide bonds. The minimum Gasteiger partial charge on any atom is -0.494 e. The van der Waals surface area contributed by atoms with E-state index in [1.807, 2.05) is 49.4 Å². The van der Waals surface area contributed by atoms with Crippen molar-refractivity contribution in [1.29, 1.82) is 5.26 Å². The molecule has 9 heteroatoms. The highest BCUT2D eigenvalue weighted by molar-refractivity contribution is 7.07. The first-order chi connectivity index (χ1) is 17.5. The fourth-order valence-electron chi connectivity index (χ4n) is 4.01. The number of allylic oxidation sites excluding steroid dienone is 1. The third-order valence-electron chi connectivity index (χ3n) is 5.51. The molecule has 8 nitrogen and oxygen atoms in total. The van der Waals surface area contributed by atoms with Gasteiger partial charge in [-0.3, -0.25) is 9.36 Å². The monoisotopic (exact) mass is 503 g/mol. The molecule has 0 N–H and O–H groups in total. The maximum absolute atomic E-state index is 13.7. The normalized spacial score (nSPS) is 15.1. The Morgan fingerprint density at radius 2 is 1.89 bits per heavy atom. The zero-order valence-electron chi connectivity index (χ0n) is 20.2. The molecule has 0 radical (unpaired) electrons. The predicted molar refractivity (Wildman–Crippen MR) is 136 cm³/mol. The van der Waals surface area contributed by atoms with Gasteiger partial charge in [0, 0.05) is 5.56 Å². The molecule has 184 valence electrons. The van der Waals surface area contributed by atoms with Crippen LogP contribution in [0.4, 0.5) is 0 Å². The van der Waals surface area contributed by atoms with Crippen LogP contribution in [0.25, 0.3) is 6.08 Å². The highest BCUT2D eigenvalue weighted by atomic mass is 32.1. The summed E-state index contributed by atoms with van der Waals surface area (Å²) in [6.07, 6.45) is 1.77. The number of thiazole rings is 1. The third-order valence-corrected chi connectivity index (χ3v) is 6.49. The molecule has 0 aliphatic carbocycles. The third kappa shape index (κ3) is 4.95. The number of benzene rings is 2. The summed E-state index contributed by atoms with van der Waals surface area (Å²) in [6, 6.07) is 15.7. The number of para-hydroxylation sites is 1. The van der Waals surface area contributed by atoms with Gasteiger partial charge >= 0.3 is 5.97 Å². The van der Waals surface area contributed by atoms with Crippen LogP contribution in [0.2, 0.25) is 0 Å². The van der Waals surface area contributed by atoms with Gasteiger partial charge in [-0.15, -0.1) is 0 Å². The molecule has 0 saturated heterocycles.